The van der Waals surface area contributed by atoms with Crippen LogP contribution >= 0.6 is 0 Å². The summed E-state index contributed by atoms with van der Waals surface area (Å²) in [6, 6.07) is 12.6. The number of rotatable bonds is 7. The normalized spacial score (nSPS) is 16.0. The lowest BCUT2D eigenvalue weighted by Gasteiger charge is -2.30. The lowest BCUT2D eigenvalue weighted by atomic mass is 10.0. The van der Waals surface area contributed by atoms with Gasteiger partial charge in [-0.3, -0.25) is 14.9 Å². The SMILES string of the molecule is CN=C(NCc1ncccc1C)NCC(c1ccccc1OC)N1CCCC1. The minimum absolute atomic E-state index is 0.244. The van der Waals surface area contributed by atoms with E-state index in [2.05, 4.69) is 50.6 Å². The Bertz CT molecular complexity index is 786. The van der Waals surface area contributed by atoms with Crippen LogP contribution in [0, 0.1) is 6.92 Å². The Morgan fingerprint density at radius 2 is 1.96 bits per heavy atom. The van der Waals surface area contributed by atoms with Crippen LogP contribution in [0.1, 0.15) is 35.7 Å². The summed E-state index contributed by atoms with van der Waals surface area (Å²) in [4.78, 5) is 11.4. The van der Waals surface area contributed by atoms with Crippen molar-refractivity contribution in [2.24, 2.45) is 4.99 Å². The standard InChI is InChI=1S/C22H31N5O/c1-17-9-8-12-24-19(17)15-25-22(23-2)26-16-20(27-13-6-7-14-27)18-10-4-5-11-21(18)28-3/h4-5,8-12,20H,6-7,13-16H2,1-3H3,(H2,23,25,26). The number of ether oxygens (including phenoxy) is 1. The van der Waals surface area contributed by atoms with Crippen LogP contribution < -0.4 is 15.4 Å². The smallest absolute Gasteiger partial charge is 0.191 e. The highest BCUT2D eigenvalue weighted by molar-refractivity contribution is 5.79. The molecule has 6 nitrogen and oxygen atoms in total. The Hall–Kier alpha value is -2.60. The van der Waals surface area contributed by atoms with Crippen LogP contribution in [0.2, 0.25) is 0 Å². The summed E-state index contributed by atoms with van der Waals surface area (Å²) in [5, 5.41) is 6.88. The van der Waals surface area contributed by atoms with E-state index < -0.39 is 0 Å². The number of aryl methyl sites for hydroxylation is 1. The monoisotopic (exact) mass is 381 g/mol. The van der Waals surface area contributed by atoms with E-state index in [4.69, 9.17) is 4.74 Å². The number of hydrogen-bond donors (Lipinski definition) is 2. The molecule has 0 bridgehead atoms. The molecule has 1 atom stereocenters. The molecule has 1 saturated heterocycles. The molecule has 28 heavy (non-hydrogen) atoms. The molecule has 0 aliphatic carbocycles. The first-order valence-electron chi connectivity index (χ1n) is 9.95. The molecule has 0 spiro atoms. The van der Waals surface area contributed by atoms with Gasteiger partial charge in [-0.2, -0.15) is 0 Å². The number of aromatic nitrogens is 1. The maximum Gasteiger partial charge on any atom is 0.191 e. The van der Waals surface area contributed by atoms with Gasteiger partial charge in [0.25, 0.3) is 0 Å². The fourth-order valence-corrected chi connectivity index (χ4v) is 3.72. The second-order valence-electron chi connectivity index (χ2n) is 7.07. The van der Waals surface area contributed by atoms with E-state index in [0.717, 1.165) is 37.0 Å². The number of aliphatic imine (C=N–C) groups is 1. The van der Waals surface area contributed by atoms with Crippen molar-refractivity contribution < 1.29 is 4.74 Å². The molecule has 0 saturated carbocycles. The molecule has 2 heterocycles. The Morgan fingerprint density at radius 3 is 2.68 bits per heavy atom. The molecule has 1 unspecified atom stereocenters. The highest BCUT2D eigenvalue weighted by Gasteiger charge is 2.26. The third-order valence-electron chi connectivity index (χ3n) is 5.31. The van der Waals surface area contributed by atoms with Crippen molar-refractivity contribution >= 4 is 5.96 Å². The molecule has 0 radical (unpaired) electrons. The van der Waals surface area contributed by atoms with E-state index in [9.17, 15) is 0 Å². The van der Waals surface area contributed by atoms with Gasteiger partial charge in [-0.1, -0.05) is 24.3 Å². The zero-order valence-electron chi connectivity index (χ0n) is 17.1. The second kappa shape index (κ2) is 10.1. The Morgan fingerprint density at radius 1 is 1.18 bits per heavy atom. The Kier molecular flexibility index (Phi) is 7.25. The van der Waals surface area contributed by atoms with Crippen LogP contribution in [0.5, 0.6) is 5.75 Å². The Labute approximate surface area is 168 Å². The molecule has 1 aliphatic heterocycles. The highest BCUT2D eigenvalue weighted by atomic mass is 16.5. The van der Waals surface area contributed by atoms with Gasteiger partial charge in [-0.25, -0.2) is 0 Å². The molecule has 3 rings (SSSR count). The van der Waals surface area contributed by atoms with Crippen molar-refractivity contribution in [3.8, 4) is 5.75 Å². The number of pyridine rings is 1. The number of benzene rings is 1. The molecule has 2 aromatic rings. The number of guanidine groups is 1. The summed E-state index contributed by atoms with van der Waals surface area (Å²) in [7, 11) is 3.54. The zero-order chi connectivity index (χ0) is 19.8. The fourth-order valence-electron chi connectivity index (χ4n) is 3.72. The molecule has 6 heteroatoms. The first kappa shape index (κ1) is 20.1. The average molecular weight is 382 g/mol. The quantitative estimate of drug-likeness (QED) is 0.570. The van der Waals surface area contributed by atoms with E-state index >= 15 is 0 Å². The van der Waals surface area contributed by atoms with E-state index in [1.165, 1.54) is 24.0 Å². The average Bonchev–Trinajstić information content (AvgIpc) is 3.26. The summed E-state index contributed by atoms with van der Waals surface area (Å²) in [6.07, 6.45) is 4.32. The van der Waals surface area contributed by atoms with E-state index in [1.807, 2.05) is 24.4 Å². The number of methoxy groups -OCH3 is 1. The van der Waals surface area contributed by atoms with Gasteiger partial charge in [0.15, 0.2) is 5.96 Å². The first-order valence-corrected chi connectivity index (χ1v) is 9.95. The van der Waals surface area contributed by atoms with Crippen LogP contribution in [-0.2, 0) is 6.54 Å². The van der Waals surface area contributed by atoms with Crippen molar-refractivity contribution in [3.05, 3.63) is 59.4 Å². The topological polar surface area (TPSA) is 61.8 Å². The maximum absolute atomic E-state index is 5.63. The van der Waals surface area contributed by atoms with Crippen LogP contribution in [0.15, 0.2) is 47.6 Å². The third-order valence-corrected chi connectivity index (χ3v) is 5.31. The number of para-hydroxylation sites is 1. The zero-order valence-corrected chi connectivity index (χ0v) is 17.1. The van der Waals surface area contributed by atoms with Crippen molar-refractivity contribution in [1.82, 2.24) is 20.5 Å². The van der Waals surface area contributed by atoms with Gasteiger partial charge in [0, 0.05) is 25.4 Å². The number of nitrogens with zero attached hydrogens (tertiary/aromatic N) is 3. The molecule has 1 aromatic carbocycles. The second-order valence-corrected chi connectivity index (χ2v) is 7.07. The largest absolute Gasteiger partial charge is 0.496 e. The minimum Gasteiger partial charge on any atom is -0.496 e. The first-order chi connectivity index (χ1) is 13.7. The van der Waals surface area contributed by atoms with Gasteiger partial charge < -0.3 is 15.4 Å². The van der Waals surface area contributed by atoms with Crippen LogP contribution in [0.25, 0.3) is 0 Å². The number of nitrogens with one attached hydrogen (secondary N) is 2. The lowest BCUT2D eigenvalue weighted by Crippen LogP contribution is -2.42. The third kappa shape index (κ3) is 5.01. The van der Waals surface area contributed by atoms with Crippen molar-refractivity contribution in [2.75, 3.05) is 33.8 Å². The summed E-state index contributed by atoms with van der Waals surface area (Å²) in [5.74, 6) is 1.72. The van der Waals surface area contributed by atoms with Gasteiger partial charge in [0.1, 0.15) is 5.75 Å². The van der Waals surface area contributed by atoms with Gasteiger partial charge >= 0.3 is 0 Å². The minimum atomic E-state index is 0.244. The van der Waals surface area contributed by atoms with Crippen molar-refractivity contribution in [3.63, 3.8) is 0 Å². The summed E-state index contributed by atoms with van der Waals surface area (Å²) in [5.41, 5.74) is 3.43. The van der Waals surface area contributed by atoms with Crippen molar-refractivity contribution in [1.29, 1.82) is 0 Å². The molecule has 1 fully saturated rings. The highest BCUT2D eigenvalue weighted by Crippen LogP contribution is 2.31. The van der Waals surface area contributed by atoms with E-state index in [0.29, 0.717) is 6.54 Å². The fraction of sp³-hybridized carbons (Fsp3) is 0.455. The summed E-state index contributed by atoms with van der Waals surface area (Å²) < 4.78 is 5.63. The molecule has 150 valence electrons. The van der Waals surface area contributed by atoms with Crippen LogP contribution in [-0.4, -0.2) is 49.6 Å². The molecular formula is C22H31N5O. The van der Waals surface area contributed by atoms with Gasteiger partial charge in [0.2, 0.25) is 0 Å². The Balaban J connectivity index is 1.67. The van der Waals surface area contributed by atoms with Gasteiger partial charge in [-0.05, 0) is 50.6 Å². The lowest BCUT2D eigenvalue weighted by molar-refractivity contribution is 0.239. The molecular weight excluding hydrogens is 350 g/mol. The number of hydrogen-bond acceptors (Lipinski definition) is 4. The van der Waals surface area contributed by atoms with E-state index in [1.54, 1.807) is 14.2 Å². The predicted octanol–water partition coefficient (Wildman–Crippen LogP) is 2.90. The van der Waals surface area contributed by atoms with Crippen molar-refractivity contribution in [2.45, 2.75) is 32.4 Å². The maximum atomic E-state index is 5.63. The molecule has 2 N–H and O–H groups in total. The predicted molar refractivity (Wildman–Crippen MR) is 114 cm³/mol. The molecule has 1 aliphatic rings. The van der Waals surface area contributed by atoms with Crippen LogP contribution in [0.4, 0.5) is 0 Å². The van der Waals surface area contributed by atoms with E-state index in [-0.39, 0.29) is 6.04 Å². The number of likely N-dealkylation sites (tertiary alicyclic amines) is 1. The van der Waals surface area contributed by atoms with Crippen LogP contribution in [0.3, 0.4) is 0 Å². The van der Waals surface area contributed by atoms with Gasteiger partial charge in [-0.15, -0.1) is 0 Å². The summed E-state index contributed by atoms with van der Waals surface area (Å²) in [6.45, 7) is 5.72. The summed E-state index contributed by atoms with van der Waals surface area (Å²) >= 11 is 0. The molecule has 1 aromatic heterocycles. The van der Waals surface area contributed by atoms with Gasteiger partial charge in [0.05, 0.1) is 25.4 Å². The molecule has 0 amide bonds.